The molecule has 0 bridgehead atoms. The molecular weight excluding hydrogens is 485 g/mol. The molecule has 3 rings (SSSR count). The van der Waals surface area contributed by atoms with Crippen LogP contribution in [0.1, 0.15) is 5.56 Å². The van der Waals surface area contributed by atoms with Crippen molar-refractivity contribution < 1.29 is 22.4 Å². The molecule has 1 aromatic carbocycles. The zero-order valence-electron chi connectivity index (χ0n) is 14.1. The number of carbonyl (C=O) groups is 1. The monoisotopic (exact) mass is 494 g/mol. The number of hydrogen-bond acceptors (Lipinski definition) is 5. The van der Waals surface area contributed by atoms with E-state index in [1.165, 1.54) is 0 Å². The fraction of sp³-hybridized carbons (Fsp3) is 0.188. The molecule has 2 aromatic heterocycles. The topological polar surface area (TPSA) is 73.0 Å². The predicted molar refractivity (Wildman–Crippen MR) is 102 cm³/mol. The second-order valence-electron chi connectivity index (χ2n) is 5.50. The SMILES string of the molecule is Cn1c(SCC(=O)Nc2cc(C(F)(F)F)ccc2Cl)nnc1-c1ccc(Br)o1. The van der Waals surface area contributed by atoms with Gasteiger partial charge in [-0.1, -0.05) is 23.4 Å². The standard InChI is InChI=1S/C16H11BrClF3N4O2S/c1-25-14(11-4-5-12(17)27-11)23-24-15(25)28-7-13(26)22-10-6-8(16(19,20)21)2-3-9(10)18/h2-6H,7H2,1H3,(H,22,26). The van der Waals surface area contributed by atoms with Crippen molar-refractivity contribution in [3.63, 3.8) is 0 Å². The van der Waals surface area contributed by atoms with Crippen molar-refractivity contribution in [2.75, 3.05) is 11.1 Å². The largest absolute Gasteiger partial charge is 0.446 e. The van der Waals surface area contributed by atoms with E-state index in [-0.39, 0.29) is 16.5 Å². The van der Waals surface area contributed by atoms with Crippen LogP contribution in [0.3, 0.4) is 0 Å². The van der Waals surface area contributed by atoms with Crippen LogP contribution in [0.4, 0.5) is 18.9 Å². The first kappa shape index (κ1) is 20.7. The van der Waals surface area contributed by atoms with Gasteiger partial charge in [0.05, 0.1) is 22.0 Å². The van der Waals surface area contributed by atoms with Crippen LogP contribution in [-0.4, -0.2) is 26.4 Å². The van der Waals surface area contributed by atoms with E-state index in [0.717, 1.165) is 30.0 Å². The Labute approximate surface area is 174 Å². The number of furan rings is 1. The third-order valence-corrected chi connectivity index (χ3v) is 5.30. The van der Waals surface area contributed by atoms with Gasteiger partial charge in [0.2, 0.25) is 5.91 Å². The summed E-state index contributed by atoms with van der Waals surface area (Å²) in [6.45, 7) is 0. The van der Waals surface area contributed by atoms with E-state index in [1.54, 1.807) is 23.7 Å². The zero-order valence-corrected chi connectivity index (χ0v) is 17.2. The van der Waals surface area contributed by atoms with Gasteiger partial charge in [0.25, 0.3) is 0 Å². The molecule has 6 nitrogen and oxygen atoms in total. The molecule has 28 heavy (non-hydrogen) atoms. The number of carbonyl (C=O) groups excluding carboxylic acids is 1. The summed E-state index contributed by atoms with van der Waals surface area (Å²) >= 11 is 10.1. The van der Waals surface area contributed by atoms with Crippen LogP contribution in [0.5, 0.6) is 0 Å². The molecule has 0 radical (unpaired) electrons. The molecular formula is C16H11BrClF3N4O2S. The Morgan fingerprint density at radius 3 is 2.71 bits per heavy atom. The summed E-state index contributed by atoms with van der Waals surface area (Å²) in [7, 11) is 1.70. The van der Waals surface area contributed by atoms with Gasteiger partial charge in [0.15, 0.2) is 21.4 Å². The van der Waals surface area contributed by atoms with Gasteiger partial charge in [-0.15, -0.1) is 10.2 Å². The number of nitrogens with zero attached hydrogens (tertiary/aromatic N) is 3. The van der Waals surface area contributed by atoms with Crippen LogP contribution in [0.25, 0.3) is 11.6 Å². The first-order valence-corrected chi connectivity index (χ1v) is 9.75. The summed E-state index contributed by atoms with van der Waals surface area (Å²) in [5, 5.41) is 10.8. The first-order chi connectivity index (χ1) is 13.1. The van der Waals surface area contributed by atoms with Gasteiger partial charge in [-0.2, -0.15) is 13.2 Å². The number of alkyl halides is 3. The molecule has 0 aliphatic carbocycles. The average molecular weight is 496 g/mol. The van der Waals surface area contributed by atoms with E-state index < -0.39 is 17.6 Å². The molecule has 0 saturated carbocycles. The molecule has 148 valence electrons. The Kier molecular flexibility index (Phi) is 6.06. The lowest BCUT2D eigenvalue weighted by atomic mass is 10.2. The van der Waals surface area contributed by atoms with Gasteiger partial charge in [0.1, 0.15) is 0 Å². The van der Waals surface area contributed by atoms with Crippen molar-refractivity contribution in [1.82, 2.24) is 14.8 Å². The summed E-state index contributed by atoms with van der Waals surface area (Å²) in [5.74, 6) is 0.334. The van der Waals surface area contributed by atoms with Crippen LogP contribution in [0.2, 0.25) is 5.02 Å². The van der Waals surface area contributed by atoms with Crippen LogP contribution < -0.4 is 5.32 Å². The highest BCUT2D eigenvalue weighted by molar-refractivity contribution is 9.10. The molecule has 0 aliphatic rings. The third-order valence-electron chi connectivity index (χ3n) is 3.53. The number of benzene rings is 1. The maximum absolute atomic E-state index is 12.8. The van der Waals surface area contributed by atoms with Crippen molar-refractivity contribution in [2.24, 2.45) is 7.05 Å². The summed E-state index contributed by atoms with van der Waals surface area (Å²) < 4.78 is 46.0. The van der Waals surface area contributed by atoms with Gasteiger partial charge in [-0.05, 0) is 46.3 Å². The summed E-state index contributed by atoms with van der Waals surface area (Å²) in [4.78, 5) is 12.1. The Morgan fingerprint density at radius 1 is 1.32 bits per heavy atom. The Hall–Kier alpha value is -1.98. The van der Waals surface area contributed by atoms with Crippen LogP contribution >= 0.6 is 39.3 Å². The number of aromatic nitrogens is 3. The predicted octanol–water partition coefficient (Wildman–Crippen LogP) is 5.24. The van der Waals surface area contributed by atoms with E-state index in [9.17, 15) is 18.0 Å². The fourth-order valence-electron chi connectivity index (χ4n) is 2.20. The average Bonchev–Trinajstić information content (AvgIpc) is 3.19. The second kappa shape index (κ2) is 8.18. The lowest BCUT2D eigenvalue weighted by molar-refractivity contribution is -0.137. The Morgan fingerprint density at radius 2 is 2.07 bits per heavy atom. The van der Waals surface area contributed by atoms with Crippen molar-refractivity contribution in [1.29, 1.82) is 0 Å². The molecule has 0 unspecified atom stereocenters. The molecule has 0 fully saturated rings. The van der Waals surface area contributed by atoms with Crippen molar-refractivity contribution in [2.45, 2.75) is 11.3 Å². The molecule has 0 spiro atoms. The highest BCUT2D eigenvalue weighted by atomic mass is 79.9. The van der Waals surface area contributed by atoms with Crippen molar-refractivity contribution in [3.05, 3.63) is 45.6 Å². The normalized spacial score (nSPS) is 11.6. The highest BCUT2D eigenvalue weighted by Crippen LogP contribution is 2.34. The summed E-state index contributed by atoms with van der Waals surface area (Å²) in [6.07, 6.45) is -4.53. The first-order valence-electron chi connectivity index (χ1n) is 7.59. The Bertz CT molecular complexity index is 1020. The van der Waals surface area contributed by atoms with Gasteiger partial charge < -0.3 is 14.3 Å². The van der Waals surface area contributed by atoms with Crippen molar-refractivity contribution in [3.8, 4) is 11.6 Å². The maximum Gasteiger partial charge on any atom is 0.416 e. The summed E-state index contributed by atoms with van der Waals surface area (Å²) in [6, 6.07) is 6.15. The van der Waals surface area contributed by atoms with Crippen LogP contribution in [-0.2, 0) is 18.0 Å². The maximum atomic E-state index is 12.8. The number of amides is 1. The molecule has 3 aromatic rings. The summed E-state index contributed by atoms with van der Waals surface area (Å²) in [5.41, 5.74) is -1.01. The van der Waals surface area contributed by atoms with Gasteiger partial charge in [-0.25, -0.2) is 0 Å². The number of halogens is 5. The minimum atomic E-state index is -4.53. The minimum Gasteiger partial charge on any atom is -0.446 e. The number of rotatable bonds is 5. The van der Waals surface area contributed by atoms with E-state index in [1.807, 2.05) is 0 Å². The van der Waals surface area contributed by atoms with E-state index >= 15 is 0 Å². The van der Waals surface area contributed by atoms with E-state index in [0.29, 0.717) is 21.4 Å². The van der Waals surface area contributed by atoms with E-state index in [2.05, 4.69) is 31.4 Å². The van der Waals surface area contributed by atoms with E-state index in [4.69, 9.17) is 16.0 Å². The van der Waals surface area contributed by atoms with Gasteiger partial charge in [-0.3, -0.25) is 4.79 Å². The molecule has 1 N–H and O–H groups in total. The molecule has 0 saturated heterocycles. The number of anilines is 1. The molecule has 1 amide bonds. The highest BCUT2D eigenvalue weighted by Gasteiger charge is 2.31. The molecule has 0 aliphatic heterocycles. The van der Waals surface area contributed by atoms with Crippen LogP contribution in [0, 0.1) is 0 Å². The number of nitrogens with one attached hydrogen (secondary N) is 1. The molecule has 0 atom stereocenters. The van der Waals surface area contributed by atoms with Crippen LogP contribution in [0.15, 0.2) is 44.6 Å². The number of thioether (sulfide) groups is 1. The zero-order chi connectivity index (χ0) is 20.5. The van der Waals surface area contributed by atoms with Gasteiger partial charge in [0, 0.05) is 7.05 Å². The Balaban J connectivity index is 1.66. The number of hydrogen-bond donors (Lipinski definition) is 1. The lowest BCUT2D eigenvalue weighted by Gasteiger charge is -2.11. The fourth-order valence-corrected chi connectivity index (χ4v) is 3.39. The molecule has 2 heterocycles. The molecule has 12 heteroatoms. The quantitative estimate of drug-likeness (QED) is 0.490. The smallest absolute Gasteiger partial charge is 0.416 e. The third kappa shape index (κ3) is 4.70. The second-order valence-corrected chi connectivity index (χ2v) is 7.63. The van der Waals surface area contributed by atoms with Crippen molar-refractivity contribution >= 4 is 50.9 Å². The minimum absolute atomic E-state index is 0.00990. The lowest BCUT2D eigenvalue weighted by Crippen LogP contribution is -2.16. The van der Waals surface area contributed by atoms with Gasteiger partial charge >= 0.3 is 6.18 Å².